The van der Waals surface area contributed by atoms with Gasteiger partial charge in [0.05, 0.1) is 12.0 Å². The van der Waals surface area contributed by atoms with E-state index in [0.717, 1.165) is 19.5 Å². The van der Waals surface area contributed by atoms with Crippen molar-refractivity contribution in [3.05, 3.63) is 17.7 Å². The minimum atomic E-state index is 0.624. The minimum absolute atomic E-state index is 0.624. The van der Waals surface area contributed by atoms with Crippen molar-refractivity contribution in [1.29, 1.82) is 0 Å². The van der Waals surface area contributed by atoms with Gasteiger partial charge in [-0.15, -0.1) is 0 Å². The molecule has 2 aliphatic rings. The van der Waals surface area contributed by atoms with Crippen molar-refractivity contribution >= 4 is 0 Å². The molecule has 3 nitrogen and oxygen atoms in total. The van der Waals surface area contributed by atoms with Crippen LogP contribution < -0.4 is 5.32 Å². The second-order valence-electron chi connectivity index (χ2n) is 5.05. The van der Waals surface area contributed by atoms with Crippen molar-refractivity contribution in [2.75, 3.05) is 6.54 Å². The van der Waals surface area contributed by atoms with E-state index in [-0.39, 0.29) is 0 Å². The number of nitrogens with one attached hydrogen (secondary N) is 1. The molecule has 0 bridgehead atoms. The first kappa shape index (κ1) is 9.40. The Morgan fingerprint density at radius 2 is 2.40 bits per heavy atom. The monoisotopic (exact) mass is 205 g/mol. The van der Waals surface area contributed by atoms with Crippen molar-refractivity contribution < 1.29 is 0 Å². The third kappa shape index (κ3) is 1.59. The minimum Gasteiger partial charge on any atom is -0.334 e. The molecule has 0 unspecified atom stereocenters. The Morgan fingerprint density at radius 1 is 1.53 bits per heavy atom. The molecular weight excluding hydrogens is 186 g/mol. The summed E-state index contributed by atoms with van der Waals surface area (Å²) < 4.78 is 2.41. The maximum absolute atomic E-state index is 4.50. The van der Waals surface area contributed by atoms with E-state index >= 15 is 0 Å². The van der Waals surface area contributed by atoms with Gasteiger partial charge in [0.15, 0.2) is 0 Å². The molecule has 0 aromatic carbocycles. The normalized spacial score (nSPS) is 22.5. The number of hydrogen-bond acceptors (Lipinski definition) is 2. The summed E-state index contributed by atoms with van der Waals surface area (Å²) in [5, 5.41) is 3.37. The van der Waals surface area contributed by atoms with E-state index in [4.69, 9.17) is 0 Å². The number of rotatable bonds is 3. The average Bonchev–Trinajstić information content (AvgIpc) is 2.95. The molecule has 1 aliphatic heterocycles. The van der Waals surface area contributed by atoms with Crippen LogP contribution in [0, 0.1) is 5.41 Å². The molecule has 1 aromatic heterocycles. The predicted molar refractivity (Wildman–Crippen MR) is 59.6 cm³/mol. The molecule has 15 heavy (non-hydrogen) atoms. The highest BCUT2D eigenvalue weighted by Crippen LogP contribution is 2.50. The Bertz CT molecular complexity index is 363. The molecule has 1 N–H and O–H groups in total. The van der Waals surface area contributed by atoms with Crippen LogP contribution in [0.15, 0.2) is 6.33 Å². The van der Waals surface area contributed by atoms with Crippen molar-refractivity contribution in [2.24, 2.45) is 5.41 Å². The highest BCUT2D eigenvalue weighted by molar-refractivity contribution is 5.17. The molecule has 1 aliphatic carbocycles. The van der Waals surface area contributed by atoms with Gasteiger partial charge in [-0.25, -0.2) is 4.98 Å². The lowest BCUT2D eigenvalue weighted by Crippen LogP contribution is -2.25. The molecule has 0 saturated heterocycles. The molecule has 82 valence electrons. The molecule has 1 saturated carbocycles. The van der Waals surface area contributed by atoms with Crippen LogP contribution in [-0.4, -0.2) is 16.1 Å². The SMILES string of the molecule is CCC1(Cn2cnc3c2CCNC3)CC1. The Labute approximate surface area is 90.9 Å². The second kappa shape index (κ2) is 3.34. The van der Waals surface area contributed by atoms with Crippen molar-refractivity contribution in [2.45, 2.75) is 45.7 Å². The van der Waals surface area contributed by atoms with Crippen LogP contribution in [0.1, 0.15) is 37.6 Å². The Morgan fingerprint density at radius 3 is 3.13 bits per heavy atom. The molecule has 3 rings (SSSR count). The van der Waals surface area contributed by atoms with Gasteiger partial charge in [0, 0.05) is 31.7 Å². The van der Waals surface area contributed by atoms with E-state index in [1.54, 1.807) is 0 Å². The molecule has 0 amide bonds. The highest BCUT2D eigenvalue weighted by atomic mass is 15.1. The maximum atomic E-state index is 4.50. The maximum Gasteiger partial charge on any atom is 0.0952 e. The van der Waals surface area contributed by atoms with Crippen molar-refractivity contribution in [3.8, 4) is 0 Å². The highest BCUT2D eigenvalue weighted by Gasteiger charge is 2.41. The van der Waals surface area contributed by atoms with Gasteiger partial charge in [-0.05, 0) is 24.7 Å². The molecule has 1 aromatic rings. The third-order valence-electron chi connectivity index (χ3n) is 4.08. The van der Waals surface area contributed by atoms with E-state index < -0.39 is 0 Å². The van der Waals surface area contributed by atoms with Gasteiger partial charge in [0.25, 0.3) is 0 Å². The molecule has 2 heterocycles. The lowest BCUT2D eigenvalue weighted by molar-refractivity contribution is 0.399. The number of imidazole rings is 1. The van der Waals surface area contributed by atoms with Crippen LogP contribution in [0.4, 0.5) is 0 Å². The first-order valence-corrected chi connectivity index (χ1v) is 6.07. The third-order valence-corrected chi connectivity index (χ3v) is 4.08. The summed E-state index contributed by atoms with van der Waals surface area (Å²) in [6.07, 6.45) is 7.34. The first-order chi connectivity index (χ1) is 7.33. The second-order valence-corrected chi connectivity index (χ2v) is 5.05. The van der Waals surface area contributed by atoms with E-state index in [0.29, 0.717) is 5.41 Å². The molecular formula is C12H19N3. The lowest BCUT2D eigenvalue weighted by Gasteiger charge is -2.18. The fourth-order valence-corrected chi connectivity index (χ4v) is 2.60. The summed E-state index contributed by atoms with van der Waals surface area (Å²) >= 11 is 0. The smallest absolute Gasteiger partial charge is 0.0952 e. The van der Waals surface area contributed by atoms with E-state index in [1.165, 1.54) is 37.2 Å². The van der Waals surface area contributed by atoms with Gasteiger partial charge >= 0.3 is 0 Å². The van der Waals surface area contributed by atoms with Crippen LogP contribution in [0.25, 0.3) is 0 Å². The number of hydrogen-bond donors (Lipinski definition) is 1. The van der Waals surface area contributed by atoms with Crippen LogP contribution in [0.3, 0.4) is 0 Å². The van der Waals surface area contributed by atoms with Gasteiger partial charge in [-0.3, -0.25) is 0 Å². The fourth-order valence-electron chi connectivity index (χ4n) is 2.60. The molecule has 3 heteroatoms. The topological polar surface area (TPSA) is 29.9 Å². The molecule has 1 fully saturated rings. The number of nitrogens with zero attached hydrogens (tertiary/aromatic N) is 2. The van der Waals surface area contributed by atoms with E-state index in [1.807, 2.05) is 6.33 Å². The first-order valence-electron chi connectivity index (χ1n) is 6.07. The van der Waals surface area contributed by atoms with Crippen LogP contribution in [0.5, 0.6) is 0 Å². The van der Waals surface area contributed by atoms with Crippen LogP contribution in [-0.2, 0) is 19.5 Å². The summed E-state index contributed by atoms with van der Waals surface area (Å²) in [5.41, 5.74) is 3.38. The van der Waals surface area contributed by atoms with Crippen LogP contribution in [0.2, 0.25) is 0 Å². The lowest BCUT2D eigenvalue weighted by atomic mass is 10.0. The predicted octanol–water partition coefficient (Wildman–Crippen LogP) is 1.72. The molecule has 0 atom stereocenters. The summed E-state index contributed by atoms with van der Waals surface area (Å²) in [6.45, 7) is 5.59. The summed E-state index contributed by atoms with van der Waals surface area (Å²) in [5.74, 6) is 0. The van der Waals surface area contributed by atoms with Gasteiger partial charge in [0.1, 0.15) is 0 Å². The summed E-state index contributed by atoms with van der Waals surface area (Å²) in [7, 11) is 0. The Hall–Kier alpha value is -0.830. The van der Waals surface area contributed by atoms with Gasteiger partial charge in [0.2, 0.25) is 0 Å². The quantitative estimate of drug-likeness (QED) is 0.814. The summed E-state index contributed by atoms with van der Waals surface area (Å²) in [4.78, 5) is 4.50. The van der Waals surface area contributed by atoms with Gasteiger partial charge in [-0.1, -0.05) is 6.92 Å². The standard InChI is InChI=1S/C12H19N3/c1-2-12(4-5-12)8-15-9-14-10-7-13-6-3-11(10)15/h9,13H,2-8H2,1H3. The van der Waals surface area contributed by atoms with E-state index in [9.17, 15) is 0 Å². The number of fused-ring (bicyclic) bond motifs is 1. The zero-order valence-corrected chi connectivity index (χ0v) is 9.42. The zero-order chi connectivity index (χ0) is 10.3. The fraction of sp³-hybridized carbons (Fsp3) is 0.750. The average molecular weight is 205 g/mol. The Balaban J connectivity index is 1.83. The number of aromatic nitrogens is 2. The summed E-state index contributed by atoms with van der Waals surface area (Å²) in [6, 6.07) is 0. The molecule has 0 spiro atoms. The Kier molecular flexibility index (Phi) is 2.09. The molecule has 0 radical (unpaired) electrons. The van der Waals surface area contributed by atoms with Gasteiger partial charge in [-0.2, -0.15) is 0 Å². The van der Waals surface area contributed by atoms with E-state index in [2.05, 4.69) is 21.8 Å². The van der Waals surface area contributed by atoms with Crippen LogP contribution >= 0.6 is 0 Å². The largest absolute Gasteiger partial charge is 0.334 e. The van der Waals surface area contributed by atoms with Gasteiger partial charge < -0.3 is 9.88 Å². The van der Waals surface area contributed by atoms with Crippen molar-refractivity contribution in [3.63, 3.8) is 0 Å². The zero-order valence-electron chi connectivity index (χ0n) is 9.42. The van der Waals surface area contributed by atoms with Crippen molar-refractivity contribution in [1.82, 2.24) is 14.9 Å².